The number of aromatic nitrogens is 1. The van der Waals surface area contributed by atoms with Crippen LogP contribution in [0.15, 0.2) is 66.1 Å². The van der Waals surface area contributed by atoms with Crippen LogP contribution < -0.4 is 10.7 Å². The number of carbonyl (C=O) groups excluding carboxylic acids is 1. The van der Waals surface area contributed by atoms with Crippen molar-refractivity contribution in [1.82, 2.24) is 4.98 Å². The van der Waals surface area contributed by atoms with Crippen molar-refractivity contribution in [2.45, 2.75) is 6.92 Å². The van der Waals surface area contributed by atoms with Crippen molar-refractivity contribution in [2.24, 2.45) is 0 Å². The fraction of sp³-hybridized carbons (Fsp3) is 0.0526. The fourth-order valence-electron chi connectivity index (χ4n) is 2.49. The number of hydrogen-bond donors (Lipinski definition) is 2. The quantitative estimate of drug-likeness (QED) is 0.773. The van der Waals surface area contributed by atoms with E-state index in [4.69, 9.17) is 0 Å². The fourth-order valence-corrected chi connectivity index (χ4v) is 2.49. The molecule has 0 aliphatic heterocycles. The van der Waals surface area contributed by atoms with Crippen LogP contribution in [0.3, 0.4) is 0 Å². The lowest BCUT2D eigenvalue weighted by Crippen LogP contribution is -2.22. The number of fused-ring (bicyclic) bond motifs is 1. The molecule has 2 aromatic carbocycles. The highest BCUT2D eigenvalue weighted by Gasteiger charge is 2.14. The van der Waals surface area contributed by atoms with Gasteiger partial charge in [0, 0.05) is 28.4 Å². The maximum Gasteiger partial charge on any atom is 0.261 e. The molecule has 1 aromatic heterocycles. The molecule has 114 valence electrons. The Balaban J connectivity index is 2.01. The molecule has 0 bridgehead atoms. The third-order valence-corrected chi connectivity index (χ3v) is 3.67. The molecule has 1 amide bonds. The zero-order valence-corrected chi connectivity index (χ0v) is 12.7. The molecule has 0 saturated heterocycles. The molecule has 0 unspecified atom stereocenters. The average molecular weight is 304 g/mol. The van der Waals surface area contributed by atoms with Crippen molar-refractivity contribution >= 4 is 28.1 Å². The van der Waals surface area contributed by atoms with Crippen molar-refractivity contribution in [3.05, 3.63) is 82.7 Å². The van der Waals surface area contributed by atoms with Crippen molar-refractivity contribution < 1.29 is 4.79 Å². The highest BCUT2D eigenvalue weighted by molar-refractivity contribution is 6.06. The first-order chi connectivity index (χ1) is 11.1. The number of carbonyl (C=O) groups is 1. The number of rotatable bonds is 3. The van der Waals surface area contributed by atoms with E-state index in [1.165, 1.54) is 6.20 Å². The summed E-state index contributed by atoms with van der Waals surface area (Å²) in [5.41, 5.74) is 2.82. The van der Waals surface area contributed by atoms with Gasteiger partial charge in [-0.15, -0.1) is 0 Å². The molecule has 0 spiro atoms. The topological polar surface area (TPSA) is 62.0 Å². The van der Waals surface area contributed by atoms with Gasteiger partial charge >= 0.3 is 0 Å². The predicted molar refractivity (Wildman–Crippen MR) is 93.7 cm³/mol. The predicted octanol–water partition coefficient (Wildman–Crippen LogP) is 3.81. The average Bonchev–Trinajstić information content (AvgIpc) is 2.55. The number of nitrogens with one attached hydrogen (secondary N) is 2. The molecule has 3 rings (SSSR count). The Morgan fingerprint density at radius 3 is 2.52 bits per heavy atom. The van der Waals surface area contributed by atoms with E-state index in [1.54, 1.807) is 24.3 Å². The summed E-state index contributed by atoms with van der Waals surface area (Å²) in [6.45, 7) is 5.77. The van der Waals surface area contributed by atoms with Crippen LogP contribution in [0.1, 0.15) is 22.8 Å². The first-order valence-electron chi connectivity index (χ1n) is 7.24. The van der Waals surface area contributed by atoms with E-state index in [1.807, 2.05) is 31.2 Å². The summed E-state index contributed by atoms with van der Waals surface area (Å²) in [6, 6.07) is 14.5. The smallest absolute Gasteiger partial charge is 0.261 e. The Labute approximate surface area is 133 Å². The number of allylic oxidation sites excluding steroid dienone is 1. The maximum absolute atomic E-state index is 12.5. The summed E-state index contributed by atoms with van der Waals surface area (Å²) in [5, 5.41) is 3.29. The van der Waals surface area contributed by atoms with Gasteiger partial charge in [-0.3, -0.25) is 9.59 Å². The summed E-state index contributed by atoms with van der Waals surface area (Å²) < 4.78 is 0. The van der Waals surface area contributed by atoms with Crippen LogP contribution in [0.5, 0.6) is 0 Å². The number of pyridine rings is 1. The molecular formula is C19H16N2O2. The number of benzene rings is 2. The van der Waals surface area contributed by atoms with Gasteiger partial charge in [0.2, 0.25) is 5.43 Å². The largest absolute Gasteiger partial charge is 0.360 e. The van der Waals surface area contributed by atoms with Gasteiger partial charge in [0.1, 0.15) is 5.56 Å². The molecule has 0 radical (unpaired) electrons. The molecule has 4 heteroatoms. The van der Waals surface area contributed by atoms with Gasteiger partial charge in [0.25, 0.3) is 5.91 Å². The number of H-pyrrole nitrogens is 1. The van der Waals surface area contributed by atoms with Crippen molar-refractivity contribution in [3.8, 4) is 0 Å². The first kappa shape index (κ1) is 14.8. The van der Waals surface area contributed by atoms with Gasteiger partial charge in [0.05, 0.1) is 0 Å². The van der Waals surface area contributed by atoms with E-state index >= 15 is 0 Å². The van der Waals surface area contributed by atoms with Crippen LogP contribution in [-0.4, -0.2) is 10.9 Å². The maximum atomic E-state index is 12.5. The van der Waals surface area contributed by atoms with E-state index in [2.05, 4.69) is 16.9 Å². The van der Waals surface area contributed by atoms with Crippen LogP contribution in [0.25, 0.3) is 16.5 Å². The lowest BCUT2D eigenvalue weighted by Gasteiger charge is -2.11. The SMILES string of the molecule is C=C(C)c1ccccc1NC(=O)c1c[nH]c2ccccc2c1=O. The van der Waals surface area contributed by atoms with Gasteiger partial charge in [-0.25, -0.2) is 0 Å². The second-order valence-electron chi connectivity index (χ2n) is 5.36. The summed E-state index contributed by atoms with van der Waals surface area (Å²) in [6.07, 6.45) is 1.45. The minimum absolute atomic E-state index is 0.0835. The number of aromatic amines is 1. The van der Waals surface area contributed by atoms with Crippen molar-refractivity contribution in [3.63, 3.8) is 0 Å². The summed E-state index contributed by atoms with van der Waals surface area (Å²) in [7, 11) is 0. The zero-order valence-electron chi connectivity index (χ0n) is 12.7. The molecule has 3 aromatic rings. The summed E-state index contributed by atoms with van der Waals surface area (Å²) in [5.74, 6) is -0.439. The highest BCUT2D eigenvalue weighted by Crippen LogP contribution is 2.22. The van der Waals surface area contributed by atoms with E-state index in [0.717, 1.165) is 11.1 Å². The monoisotopic (exact) mass is 304 g/mol. The molecular weight excluding hydrogens is 288 g/mol. The molecule has 0 atom stereocenters. The van der Waals surface area contributed by atoms with E-state index < -0.39 is 5.91 Å². The minimum Gasteiger partial charge on any atom is -0.360 e. The molecule has 0 aliphatic carbocycles. The van der Waals surface area contributed by atoms with Crippen LogP contribution in [0.2, 0.25) is 0 Å². The Hall–Kier alpha value is -3.14. The van der Waals surface area contributed by atoms with Gasteiger partial charge in [-0.2, -0.15) is 0 Å². The first-order valence-corrected chi connectivity index (χ1v) is 7.24. The molecule has 23 heavy (non-hydrogen) atoms. The lowest BCUT2D eigenvalue weighted by molar-refractivity contribution is 0.102. The molecule has 0 saturated carbocycles. The normalized spacial score (nSPS) is 10.5. The van der Waals surface area contributed by atoms with E-state index in [0.29, 0.717) is 16.6 Å². The second kappa shape index (κ2) is 5.93. The number of amides is 1. The Kier molecular flexibility index (Phi) is 3.81. The number of hydrogen-bond acceptors (Lipinski definition) is 2. The van der Waals surface area contributed by atoms with E-state index in [9.17, 15) is 9.59 Å². The third kappa shape index (κ3) is 2.79. The van der Waals surface area contributed by atoms with Gasteiger partial charge < -0.3 is 10.3 Å². The van der Waals surface area contributed by atoms with Gasteiger partial charge in [-0.05, 0) is 30.7 Å². The van der Waals surface area contributed by atoms with Crippen molar-refractivity contribution in [2.75, 3.05) is 5.32 Å². The van der Waals surface area contributed by atoms with Crippen LogP contribution in [-0.2, 0) is 0 Å². The number of anilines is 1. The second-order valence-corrected chi connectivity index (χ2v) is 5.36. The van der Waals surface area contributed by atoms with Crippen LogP contribution >= 0.6 is 0 Å². The zero-order chi connectivity index (χ0) is 16.4. The molecule has 0 fully saturated rings. The lowest BCUT2D eigenvalue weighted by atomic mass is 10.1. The molecule has 1 heterocycles. The van der Waals surface area contributed by atoms with Gasteiger partial charge in [-0.1, -0.05) is 36.9 Å². The Morgan fingerprint density at radius 2 is 1.74 bits per heavy atom. The Bertz CT molecular complexity index is 970. The minimum atomic E-state index is -0.439. The summed E-state index contributed by atoms with van der Waals surface area (Å²) >= 11 is 0. The van der Waals surface area contributed by atoms with Crippen LogP contribution in [0, 0.1) is 0 Å². The molecule has 0 aliphatic rings. The third-order valence-electron chi connectivity index (χ3n) is 3.67. The molecule has 4 nitrogen and oxygen atoms in total. The van der Waals surface area contributed by atoms with Crippen LogP contribution in [0.4, 0.5) is 5.69 Å². The molecule has 2 N–H and O–H groups in total. The standard InChI is InChI=1S/C19H16N2O2/c1-12(2)13-7-3-6-10-17(13)21-19(23)15-11-20-16-9-5-4-8-14(16)18(15)22/h3-11H,1H2,2H3,(H,20,22)(H,21,23). The van der Waals surface area contributed by atoms with Crippen molar-refractivity contribution in [1.29, 1.82) is 0 Å². The van der Waals surface area contributed by atoms with Gasteiger partial charge in [0.15, 0.2) is 0 Å². The van der Waals surface area contributed by atoms with E-state index in [-0.39, 0.29) is 11.0 Å². The Morgan fingerprint density at radius 1 is 1.04 bits per heavy atom. The number of para-hydroxylation sites is 2. The summed E-state index contributed by atoms with van der Waals surface area (Å²) in [4.78, 5) is 28.0. The highest BCUT2D eigenvalue weighted by atomic mass is 16.2.